The Morgan fingerprint density at radius 3 is 3.00 bits per heavy atom. The van der Waals surface area contributed by atoms with E-state index < -0.39 is 10.0 Å². The Hall–Kier alpha value is -1.67. The van der Waals surface area contributed by atoms with Crippen LogP contribution in [0.2, 0.25) is 0 Å². The number of hydrogen-bond acceptors (Lipinski definition) is 5. The van der Waals surface area contributed by atoms with Crippen molar-refractivity contribution in [3.05, 3.63) is 30.1 Å². The largest absolute Gasteiger partial charge is 0.409 e. The van der Waals surface area contributed by atoms with Gasteiger partial charge in [-0.05, 0) is 25.0 Å². The molecule has 7 nitrogen and oxygen atoms in total. The highest BCUT2D eigenvalue weighted by atomic mass is 32.2. The van der Waals surface area contributed by atoms with Crippen LogP contribution in [0, 0.1) is 5.92 Å². The van der Waals surface area contributed by atoms with Crippen LogP contribution < -0.4 is 5.73 Å². The molecule has 1 fully saturated rings. The minimum atomic E-state index is -3.36. The highest BCUT2D eigenvalue weighted by molar-refractivity contribution is 7.89. The van der Waals surface area contributed by atoms with Gasteiger partial charge in [-0.2, -0.15) is 0 Å². The van der Waals surface area contributed by atoms with Crippen molar-refractivity contribution in [2.45, 2.75) is 19.3 Å². The van der Waals surface area contributed by atoms with Crippen LogP contribution in [-0.2, 0) is 16.4 Å². The van der Waals surface area contributed by atoms with Crippen molar-refractivity contribution in [3.8, 4) is 0 Å². The van der Waals surface area contributed by atoms with Gasteiger partial charge in [-0.15, -0.1) is 0 Å². The van der Waals surface area contributed by atoms with Crippen molar-refractivity contribution in [1.82, 2.24) is 9.29 Å². The Bertz CT molecular complexity index is 589. The van der Waals surface area contributed by atoms with Gasteiger partial charge in [0.1, 0.15) is 5.84 Å². The van der Waals surface area contributed by atoms with Crippen LogP contribution in [0.4, 0.5) is 0 Å². The molecule has 1 unspecified atom stereocenters. The van der Waals surface area contributed by atoms with Crippen LogP contribution in [0.5, 0.6) is 0 Å². The van der Waals surface area contributed by atoms with E-state index in [0.29, 0.717) is 19.4 Å². The average Bonchev–Trinajstić information content (AvgIpc) is 2.53. The average molecular weight is 312 g/mol. The molecule has 0 bridgehead atoms. The quantitative estimate of drug-likeness (QED) is 0.354. The zero-order valence-corrected chi connectivity index (χ0v) is 12.5. The van der Waals surface area contributed by atoms with E-state index in [2.05, 4.69) is 10.1 Å². The van der Waals surface area contributed by atoms with E-state index >= 15 is 0 Å². The van der Waals surface area contributed by atoms with Gasteiger partial charge in [-0.3, -0.25) is 4.98 Å². The van der Waals surface area contributed by atoms with Crippen LogP contribution in [0.3, 0.4) is 0 Å². The molecule has 8 heteroatoms. The first-order chi connectivity index (χ1) is 10.0. The maximum Gasteiger partial charge on any atom is 0.214 e. The number of aryl methyl sites for hydroxylation is 1. The Morgan fingerprint density at radius 1 is 1.52 bits per heavy atom. The predicted molar refractivity (Wildman–Crippen MR) is 79.4 cm³/mol. The summed E-state index contributed by atoms with van der Waals surface area (Å²) in [6.45, 7) is 0.764. The van der Waals surface area contributed by atoms with Crippen LogP contribution >= 0.6 is 0 Å². The van der Waals surface area contributed by atoms with Crippen molar-refractivity contribution in [1.29, 1.82) is 0 Å². The van der Waals surface area contributed by atoms with Crippen molar-refractivity contribution >= 4 is 15.9 Å². The lowest BCUT2D eigenvalue weighted by Crippen LogP contribution is -2.45. The maximum absolute atomic E-state index is 12.4. The number of piperidine rings is 1. The molecule has 1 aliphatic rings. The normalized spacial score (nSPS) is 21.3. The first-order valence-corrected chi connectivity index (χ1v) is 8.49. The summed E-state index contributed by atoms with van der Waals surface area (Å²) in [6.07, 6.45) is 3.48. The third-order valence-electron chi connectivity index (χ3n) is 3.65. The molecule has 0 aliphatic carbocycles. The van der Waals surface area contributed by atoms with Crippen LogP contribution in [0.1, 0.15) is 18.5 Å². The predicted octanol–water partition coefficient (Wildman–Crippen LogP) is 0.412. The van der Waals surface area contributed by atoms with Gasteiger partial charge in [-0.1, -0.05) is 11.2 Å². The Labute approximate surface area is 124 Å². The van der Waals surface area contributed by atoms with E-state index in [0.717, 1.165) is 12.1 Å². The standard InChI is InChI=1S/C13H20N4O3S/c14-13(16-18)11-4-3-8-17(10-11)21(19,20)9-6-12-5-1-2-7-15-12/h1-2,5,7,11,18H,3-4,6,8-10H2,(H2,14,16). The number of aromatic nitrogens is 1. The number of hydrogen-bond donors (Lipinski definition) is 2. The fraction of sp³-hybridized carbons (Fsp3) is 0.538. The summed E-state index contributed by atoms with van der Waals surface area (Å²) in [5, 5.41) is 11.7. The summed E-state index contributed by atoms with van der Waals surface area (Å²) < 4.78 is 26.2. The summed E-state index contributed by atoms with van der Waals surface area (Å²) in [4.78, 5) is 4.13. The molecule has 1 atom stereocenters. The Kier molecular flexibility index (Phi) is 5.13. The second kappa shape index (κ2) is 6.86. The van der Waals surface area contributed by atoms with Gasteiger partial charge >= 0.3 is 0 Å². The zero-order valence-electron chi connectivity index (χ0n) is 11.7. The molecular weight excluding hydrogens is 292 g/mol. The third-order valence-corrected chi connectivity index (χ3v) is 5.49. The minimum Gasteiger partial charge on any atom is -0.409 e. The van der Waals surface area contributed by atoms with E-state index in [1.807, 2.05) is 12.1 Å². The number of pyridine rings is 1. The number of rotatable bonds is 5. The van der Waals surface area contributed by atoms with Crippen molar-refractivity contribution in [3.63, 3.8) is 0 Å². The molecular formula is C13H20N4O3S. The van der Waals surface area contributed by atoms with E-state index in [1.165, 1.54) is 4.31 Å². The van der Waals surface area contributed by atoms with Crippen LogP contribution in [-0.4, -0.2) is 47.6 Å². The molecule has 2 heterocycles. The van der Waals surface area contributed by atoms with Gasteiger partial charge < -0.3 is 10.9 Å². The summed E-state index contributed by atoms with van der Waals surface area (Å²) in [5.74, 6) is -0.0969. The Balaban J connectivity index is 1.99. The third kappa shape index (κ3) is 4.15. The molecule has 116 valence electrons. The fourth-order valence-corrected chi connectivity index (χ4v) is 3.97. The molecule has 21 heavy (non-hydrogen) atoms. The van der Waals surface area contributed by atoms with Crippen molar-refractivity contribution in [2.75, 3.05) is 18.8 Å². The number of sulfonamides is 1. The number of nitrogens with two attached hydrogens (primary N) is 1. The molecule has 0 spiro atoms. The highest BCUT2D eigenvalue weighted by Crippen LogP contribution is 2.20. The second-order valence-electron chi connectivity index (χ2n) is 5.11. The van der Waals surface area contributed by atoms with Gasteiger partial charge in [0.15, 0.2) is 0 Å². The lowest BCUT2D eigenvalue weighted by atomic mass is 9.99. The van der Waals surface area contributed by atoms with E-state index in [9.17, 15) is 8.42 Å². The lowest BCUT2D eigenvalue weighted by molar-refractivity contribution is 0.287. The van der Waals surface area contributed by atoms with Crippen molar-refractivity contribution < 1.29 is 13.6 Å². The fourth-order valence-electron chi connectivity index (χ4n) is 2.43. The van der Waals surface area contributed by atoms with Crippen molar-refractivity contribution in [2.24, 2.45) is 16.8 Å². The first-order valence-electron chi connectivity index (χ1n) is 6.88. The molecule has 0 saturated carbocycles. The SMILES string of the molecule is NC(=NO)C1CCCN(S(=O)(=O)CCc2ccccn2)C1. The van der Waals surface area contributed by atoms with E-state index in [-0.39, 0.29) is 24.1 Å². The zero-order chi connectivity index (χ0) is 15.3. The monoisotopic (exact) mass is 312 g/mol. The van der Waals surface area contributed by atoms with Gasteiger partial charge in [0.25, 0.3) is 0 Å². The molecule has 1 aromatic rings. The highest BCUT2D eigenvalue weighted by Gasteiger charge is 2.30. The van der Waals surface area contributed by atoms with Gasteiger partial charge in [0.2, 0.25) is 10.0 Å². The lowest BCUT2D eigenvalue weighted by Gasteiger charge is -2.31. The second-order valence-corrected chi connectivity index (χ2v) is 7.20. The summed E-state index contributed by atoms with van der Waals surface area (Å²) in [6, 6.07) is 5.44. The number of oxime groups is 1. The summed E-state index contributed by atoms with van der Waals surface area (Å²) >= 11 is 0. The molecule has 0 aromatic carbocycles. The smallest absolute Gasteiger partial charge is 0.214 e. The minimum absolute atomic E-state index is 0.0207. The van der Waals surface area contributed by atoms with Gasteiger partial charge in [0.05, 0.1) is 5.75 Å². The van der Waals surface area contributed by atoms with E-state index in [4.69, 9.17) is 10.9 Å². The number of amidine groups is 1. The Morgan fingerprint density at radius 2 is 2.33 bits per heavy atom. The first kappa shape index (κ1) is 15.7. The molecule has 0 amide bonds. The number of nitrogens with zero attached hydrogens (tertiary/aromatic N) is 3. The molecule has 1 saturated heterocycles. The molecule has 2 rings (SSSR count). The maximum atomic E-state index is 12.4. The molecule has 1 aromatic heterocycles. The van der Waals surface area contributed by atoms with Gasteiger partial charge in [-0.25, -0.2) is 12.7 Å². The molecule has 1 aliphatic heterocycles. The molecule has 0 radical (unpaired) electrons. The van der Waals surface area contributed by atoms with Crippen LogP contribution in [0.25, 0.3) is 0 Å². The summed E-state index contributed by atoms with van der Waals surface area (Å²) in [5.41, 5.74) is 6.34. The molecule has 3 N–H and O–H groups in total. The van der Waals surface area contributed by atoms with Crippen LogP contribution in [0.15, 0.2) is 29.6 Å². The van der Waals surface area contributed by atoms with E-state index in [1.54, 1.807) is 12.3 Å². The summed E-state index contributed by atoms with van der Waals surface area (Å²) in [7, 11) is -3.36. The van der Waals surface area contributed by atoms with Gasteiger partial charge in [0, 0.05) is 37.3 Å². The topological polar surface area (TPSA) is 109 Å².